The Bertz CT molecular complexity index is 607. The number of furan rings is 1. The molecule has 0 saturated heterocycles. The van der Waals surface area contributed by atoms with E-state index < -0.39 is 0 Å². The van der Waals surface area contributed by atoms with Gasteiger partial charge in [-0.05, 0) is 59.1 Å². The first kappa shape index (κ1) is 14.7. The summed E-state index contributed by atoms with van der Waals surface area (Å²) in [6, 6.07) is 9.18. The summed E-state index contributed by atoms with van der Waals surface area (Å²) in [5.74, 6) is 0.930. The van der Waals surface area contributed by atoms with E-state index in [2.05, 4.69) is 21.2 Å². The van der Waals surface area contributed by atoms with E-state index in [1.54, 1.807) is 12.1 Å². The number of halogens is 1. The van der Waals surface area contributed by atoms with Gasteiger partial charge in [-0.15, -0.1) is 0 Å². The number of hydrogen-bond donors (Lipinski definition) is 1. The van der Waals surface area contributed by atoms with Gasteiger partial charge in [-0.1, -0.05) is 12.1 Å². The van der Waals surface area contributed by atoms with E-state index in [4.69, 9.17) is 9.15 Å². The monoisotopic (exact) mass is 337 g/mol. The maximum absolute atomic E-state index is 11.8. The van der Waals surface area contributed by atoms with Crippen LogP contribution in [-0.2, 0) is 6.54 Å². The van der Waals surface area contributed by atoms with E-state index in [0.717, 1.165) is 16.9 Å². The zero-order valence-electron chi connectivity index (χ0n) is 11.4. The molecule has 5 heteroatoms. The summed E-state index contributed by atoms with van der Waals surface area (Å²) in [6.45, 7) is 5.03. The fourth-order valence-corrected chi connectivity index (χ4v) is 2.15. The van der Waals surface area contributed by atoms with Crippen LogP contribution < -0.4 is 10.1 Å². The first-order valence-corrected chi connectivity index (χ1v) is 7.15. The number of carbonyl (C=O) groups is 1. The van der Waals surface area contributed by atoms with Gasteiger partial charge in [0.1, 0.15) is 5.75 Å². The fourth-order valence-electron chi connectivity index (χ4n) is 1.84. The van der Waals surface area contributed by atoms with Crippen molar-refractivity contribution in [2.24, 2.45) is 0 Å². The van der Waals surface area contributed by atoms with Gasteiger partial charge in [0, 0.05) is 6.54 Å². The van der Waals surface area contributed by atoms with Gasteiger partial charge in [0.05, 0.1) is 6.61 Å². The maximum Gasteiger partial charge on any atom is 0.287 e. The van der Waals surface area contributed by atoms with E-state index in [-0.39, 0.29) is 5.91 Å². The van der Waals surface area contributed by atoms with Gasteiger partial charge in [-0.2, -0.15) is 0 Å². The lowest BCUT2D eigenvalue weighted by molar-refractivity contribution is 0.0922. The maximum atomic E-state index is 11.8. The summed E-state index contributed by atoms with van der Waals surface area (Å²) < 4.78 is 11.2. The van der Waals surface area contributed by atoms with Gasteiger partial charge < -0.3 is 14.5 Å². The molecule has 4 nitrogen and oxygen atoms in total. The van der Waals surface area contributed by atoms with Crippen LogP contribution in [0.2, 0.25) is 0 Å². The van der Waals surface area contributed by atoms with Gasteiger partial charge in [-0.3, -0.25) is 4.79 Å². The summed E-state index contributed by atoms with van der Waals surface area (Å²) >= 11 is 3.17. The van der Waals surface area contributed by atoms with E-state index in [0.29, 0.717) is 23.6 Å². The van der Waals surface area contributed by atoms with Crippen molar-refractivity contribution in [3.63, 3.8) is 0 Å². The van der Waals surface area contributed by atoms with Crippen molar-refractivity contribution in [3.05, 3.63) is 51.9 Å². The predicted octanol–water partition coefficient (Wildman–Crippen LogP) is 3.68. The van der Waals surface area contributed by atoms with E-state index in [1.165, 1.54) is 0 Å². The third-order valence-corrected chi connectivity index (χ3v) is 3.22. The highest BCUT2D eigenvalue weighted by atomic mass is 79.9. The molecule has 1 N–H and O–H groups in total. The SMILES string of the molecule is CCOc1ccc(CNC(=O)c2ccc(Br)o2)cc1C. The molecule has 2 aromatic rings. The Morgan fingerprint density at radius 1 is 1.35 bits per heavy atom. The highest BCUT2D eigenvalue weighted by Crippen LogP contribution is 2.19. The zero-order valence-corrected chi connectivity index (χ0v) is 13.0. The third kappa shape index (κ3) is 3.63. The minimum absolute atomic E-state index is 0.234. The predicted molar refractivity (Wildman–Crippen MR) is 79.9 cm³/mol. The van der Waals surface area contributed by atoms with Crippen LogP contribution in [0.5, 0.6) is 5.75 Å². The minimum atomic E-state index is -0.234. The molecule has 1 amide bonds. The standard InChI is InChI=1S/C15H16BrNO3/c1-3-19-12-5-4-11(8-10(12)2)9-17-15(18)13-6-7-14(16)20-13/h4-8H,3,9H2,1-2H3,(H,17,18). The largest absolute Gasteiger partial charge is 0.494 e. The third-order valence-electron chi connectivity index (χ3n) is 2.79. The van der Waals surface area contributed by atoms with Crippen LogP contribution in [0.15, 0.2) is 39.4 Å². The lowest BCUT2D eigenvalue weighted by atomic mass is 10.1. The molecule has 0 spiro atoms. The Morgan fingerprint density at radius 3 is 2.75 bits per heavy atom. The van der Waals surface area contributed by atoms with Crippen LogP contribution in [0, 0.1) is 6.92 Å². The molecular formula is C15H16BrNO3. The summed E-state index contributed by atoms with van der Waals surface area (Å²) in [6.07, 6.45) is 0. The summed E-state index contributed by atoms with van der Waals surface area (Å²) in [5, 5.41) is 2.81. The number of hydrogen-bond acceptors (Lipinski definition) is 3. The molecule has 0 bridgehead atoms. The molecule has 20 heavy (non-hydrogen) atoms. The van der Waals surface area contributed by atoms with Crippen molar-refractivity contribution in [1.82, 2.24) is 5.32 Å². The Morgan fingerprint density at radius 2 is 2.15 bits per heavy atom. The number of rotatable bonds is 5. The smallest absolute Gasteiger partial charge is 0.287 e. The fraction of sp³-hybridized carbons (Fsp3) is 0.267. The molecule has 1 heterocycles. The molecule has 106 valence electrons. The minimum Gasteiger partial charge on any atom is -0.494 e. The van der Waals surface area contributed by atoms with Crippen LogP contribution >= 0.6 is 15.9 Å². The van der Waals surface area contributed by atoms with Crippen molar-refractivity contribution in [3.8, 4) is 5.75 Å². The van der Waals surface area contributed by atoms with E-state index >= 15 is 0 Å². The number of carbonyl (C=O) groups excluding carboxylic acids is 1. The number of nitrogens with one attached hydrogen (secondary N) is 1. The molecule has 0 aliphatic rings. The molecule has 0 saturated carbocycles. The molecule has 2 rings (SSSR count). The Balaban J connectivity index is 1.97. The second-order valence-corrected chi connectivity index (χ2v) is 5.10. The van der Waals surface area contributed by atoms with Crippen LogP contribution in [0.3, 0.4) is 0 Å². The first-order chi connectivity index (χ1) is 9.60. The van der Waals surface area contributed by atoms with E-state index in [9.17, 15) is 4.79 Å². The summed E-state index contributed by atoms with van der Waals surface area (Å²) in [7, 11) is 0. The normalized spacial score (nSPS) is 10.3. The van der Waals surface area contributed by atoms with Crippen molar-refractivity contribution in [2.45, 2.75) is 20.4 Å². The van der Waals surface area contributed by atoms with Crippen molar-refractivity contribution < 1.29 is 13.9 Å². The molecule has 0 atom stereocenters. The number of aryl methyl sites for hydroxylation is 1. The van der Waals surface area contributed by atoms with Crippen LogP contribution in [0.25, 0.3) is 0 Å². The lowest BCUT2D eigenvalue weighted by Crippen LogP contribution is -2.22. The molecule has 1 aromatic carbocycles. The van der Waals surface area contributed by atoms with Gasteiger partial charge in [0.2, 0.25) is 0 Å². The molecule has 0 fully saturated rings. The second kappa shape index (κ2) is 6.61. The van der Waals surface area contributed by atoms with Gasteiger partial charge in [0.15, 0.2) is 10.4 Å². The Labute approximate surface area is 126 Å². The Kier molecular flexibility index (Phi) is 4.84. The average Bonchev–Trinajstić information content (AvgIpc) is 2.86. The summed E-state index contributed by atoms with van der Waals surface area (Å²) in [5.41, 5.74) is 2.07. The van der Waals surface area contributed by atoms with Gasteiger partial charge in [0.25, 0.3) is 5.91 Å². The highest BCUT2D eigenvalue weighted by molar-refractivity contribution is 9.10. The van der Waals surface area contributed by atoms with Gasteiger partial charge in [-0.25, -0.2) is 0 Å². The molecular weight excluding hydrogens is 322 g/mol. The molecule has 0 radical (unpaired) electrons. The average molecular weight is 338 g/mol. The van der Waals surface area contributed by atoms with Crippen LogP contribution in [-0.4, -0.2) is 12.5 Å². The molecule has 0 unspecified atom stereocenters. The van der Waals surface area contributed by atoms with Crippen LogP contribution in [0.4, 0.5) is 0 Å². The van der Waals surface area contributed by atoms with Crippen molar-refractivity contribution in [1.29, 1.82) is 0 Å². The van der Waals surface area contributed by atoms with Crippen molar-refractivity contribution in [2.75, 3.05) is 6.61 Å². The second-order valence-electron chi connectivity index (χ2n) is 4.32. The number of benzene rings is 1. The van der Waals surface area contributed by atoms with Gasteiger partial charge >= 0.3 is 0 Å². The van der Waals surface area contributed by atoms with E-state index in [1.807, 2.05) is 32.0 Å². The summed E-state index contributed by atoms with van der Waals surface area (Å²) in [4.78, 5) is 11.8. The Hall–Kier alpha value is -1.75. The molecule has 1 aromatic heterocycles. The van der Waals surface area contributed by atoms with Crippen molar-refractivity contribution >= 4 is 21.8 Å². The zero-order chi connectivity index (χ0) is 14.5. The lowest BCUT2D eigenvalue weighted by Gasteiger charge is -2.09. The highest BCUT2D eigenvalue weighted by Gasteiger charge is 2.10. The van der Waals surface area contributed by atoms with Crippen LogP contribution in [0.1, 0.15) is 28.6 Å². The quantitative estimate of drug-likeness (QED) is 0.905. The topological polar surface area (TPSA) is 51.5 Å². The number of amides is 1. The number of ether oxygens (including phenoxy) is 1. The molecule has 0 aliphatic heterocycles. The first-order valence-electron chi connectivity index (χ1n) is 6.36. The molecule has 0 aliphatic carbocycles.